The predicted octanol–water partition coefficient (Wildman–Crippen LogP) is 1.85. The molecule has 0 aliphatic carbocycles. The van der Waals surface area contributed by atoms with E-state index in [0.717, 1.165) is 12.1 Å². The normalized spacial score (nSPS) is 14.7. The Kier molecular flexibility index (Phi) is 4.15. The minimum atomic E-state index is -0.105. The van der Waals surface area contributed by atoms with Crippen LogP contribution in [0.3, 0.4) is 0 Å². The van der Waals surface area contributed by atoms with Gasteiger partial charge in [0, 0.05) is 17.1 Å². The van der Waals surface area contributed by atoms with Crippen molar-refractivity contribution in [3.8, 4) is 0 Å². The SMILES string of the molecule is Cc1[nH]ncc1C(=O)NC(C)CC(C)Cl. The molecule has 1 heterocycles. The van der Waals surface area contributed by atoms with E-state index in [4.69, 9.17) is 11.6 Å². The van der Waals surface area contributed by atoms with Crippen LogP contribution < -0.4 is 5.32 Å². The van der Waals surface area contributed by atoms with Crippen LogP contribution in [0.25, 0.3) is 0 Å². The van der Waals surface area contributed by atoms with Gasteiger partial charge in [0.15, 0.2) is 0 Å². The van der Waals surface area contributed by atoms with Crippen molar-refractivity contribution >= 4 is 17.5 Å². The maximum absolute atomic E-state index is 11.7. The van der Waals surface area contributed by atoms with Gasteiger partial charge in [-0.2, -0.15) is 5.10 Å². The number of alkyl halides is 1. The van der Waals surface area contributed by atoms with Gasteiger partial charge in [-0.05, 0) is 27.2 Å². The molecule has 1 aromatic heterocycles. The highest BCUT2D eigenvalue weighted by Crippen LogP contribution is 2.07. The van der Waals surface area contributed by atoms with Gasteiger partial charge in [-0.25, -0.2) is 0 Å². The fourth-order valence-electron chi connectivity index (χ4n) is 1.43. The summed E-state index contributed by atoms with van der Waals surface area (Å²) in [5, 5.41) is 9.46. The molecule has 1 amide bonds. The average Bonchev–Trinajstić information content (AvgIpc) is 2.49. The van der Waals surface area contributed by atoms with Crippen molar-refractivity contribution in [3.63, 3.8) is 0 Å². The zero-order valence-corrected chi connectivity index (χ0v) is 9.93. The number of aryl methyl sites for hydroxylation is 1. The van der Waals surface area contributed by atoms with Crippen molar-refractivity contribution < 1.29 is 4.79 Å². The average molecular weight is 230 g/mol. The van der Waals surface area contributed by atoms with Crippen LogP contribution in [0.4, 0.5) is 0 Å². The van der Waals surface area contributed by atoms with Gasteiger partial charge in [-0.3, -0.25) is 9.89 Å². The Bertz CT molecular complexity index is 335. The first-order chi connectivity index (χ1) is 7.00. The number of nitrogens with zero attached hydrogens (tertiary/aromatic N) is 1. The summed E-state index contributed by atoms with van der Waals surface area (Å²) in [5.41, 5.74) is 1.36. The first kappa shape index (κ1) is 12.0. The van der Waals surface area contributed by atoms with E-state index in [0.29, 0.717) is 5.56 Å². The van der Waals surface area contributed by atoms with Gasteiger partial charge in [0.05, 0.1) is 11.8 Å². The molecule has 1 rings (SSSR count). The van der Waals surface area contributed by atoms with Crippen molar-refractivity contribution in [2.45, 2.75) is 38.6 Å². The summed E-state index contributed by atoms with van der Waals surface area (Å²) in [6.07, 6.45) is 2.28. The lowest BCUT2D eigenvalue weighted by atomic mass is 10.1. The molecule has 0 aromatic carbocycles. The van der Waals surface area contributed by atoms with Crippen LogP contribution >= 0.6 is 11.6 Å². The number of nitrogens with one attached hydrogen (secondary N) is 2. The lowest BCUT2D eigenvalue weighted by molar-refractivity contribution is 0.0938. The molecule has 2 unspecified atom stereocenters. The molecule has 1 aromatic rings. The molecule has 84 valence electrons. The van der Waals surface area contributed by atoms with E-state index in [1.807, 2.05) is 20.8 Å². The molecule has 4 nitrogen and oxygen atoms in total. The van der Waals surface area contributed by atoms with E-state index in [2.05, 4.69) is 15.5 Å². The van der Waals surface area contributed by atoms with Crippen molar-refractivity contribution in [1.29, 1.82) is 0 Å². The first-order valence-corrected chi connectivity index (χ1v) is 5.39. The predicted molar refractivity (Wildman–Crippen MR) is 60.2 cm³/mol. The zero-order valence-electron chi connectivity index (χ0n) is 9.17. The number of rotatable bonds is 4. The highest BCUT2D eigenvalue weighted by Gasteiger charge is 2.14. The van der Waals surface area contributed by atoms with Gasteiger partial charge in [-0.15, -0.1) is 11.6 Å². The quantitative estimate of drug-likeness (QED) is 0.775. The van der Waals surface area contributed by atoms with Crippen molar-refractivity contribution in [3.05, 3.63) is 17.5 Å². The third-order valence-corrected chi connectivity index (χ3v) is 2.31. The molecule has 0 aliphatic heterocycles. The molecule has 0 aliphatic rings. The smallest absolute Gasteiger partial charge is 0.254 e. The van der Waals surface area contributed by atoms with Gasteiger partial charge in [0.2, 0.25) is 0 Å². The molecule has 0 fully saturated rings. The first-order valence-electron chi connectivity index (χ1n) is 4.95. The summed E-state index contributed by atoms with van der Waals surface area (Å²) in [6, 6.07) is 0.0688. The lowest BCUT2D eigenvalue weighted by Crippen LogP contribution is -2.34. The molecule has 2 atom stereocenters. The third kappa shape index (κ3) is 3.55. The number of carbonyl (C=O) groups is 1. The second-order valence-corrected chi connectivity index (χ2v) is 4.54. The van der Waals surface area contributed by atoms with E-state index in [-0.39, 0.29) is 17.3 Å². The summed E-state index contributed by atoms with van der Waals surface area (Å²) in [5.74, 6) is -0.105. The zero-order chi connectivity index (χ0) is 11.4. The molecule has 5 heteroatoms. The molecule has 0 saturated carbocycles. The van der Waals surface area contributed by atoms with E-state index < -0.39 is 0 Å². The van der Waals surface area contributed by atoms with E-state index in [9.17, 15) is 4.79 Å². The third-order valence-electron chi connectivity index (χ3n) is 2.13. The van der Waals surface area contributed by atoms with E-state index in [1.54, 1.807) is 0 Å². The molecule has 0 saturated heterocycles. The van der Waals surface area contributed by atoms with Crippen LogP contribution in [-0.2, 0) is 0 Å². The Morgan fingerprint density at radius 1 is 1.67 bits per heavy atom. The lowest BCUT2D eigenvalue weighted by Gasteiger charge is -2.14. The van der Waals surface area contributed by atoms with E-state index in [1.165, 1.54) is 6.20 Å². The Labute approximate surface area is 94.4 Å². The number of carbonyl (C=O) groups excluding carboxylic acids is 1. The number of hydrogen-bond acceptors (Lipinski definition) is 2. The van der Waals surface area contributed by atoms with Crippen LogP contribution in [-0.4, -0.2) is 27.5 Å². The number of amides is 1. The number of H-pyrrole nitrogens is 1. The Morgan fingerprint density at radius 2 is 2.33 bits per heavy atom. The van der Waals surface area contributed by atoms with Crippen LogP contribution in [0.1, 0.15) is 36.3 Å². The molecule has 2 N–H and O–H groups in total. The van der Waals surface area contributed by atoms with Gasteiger partial charge >= 0.3 is 0 Å². The van der Waals surface area contributed by atoms with Crippen LogP contribution in [0.15, 0.2) is 6.20 Å². The molecular formula is C10H16ClN3O. The number of aromatic amines is 1. The largest absolute Gasteiger partial charge is 0.349 e. The Morgan fingerprint density at radius 3 is 2.80 bits per heavy atom. The van der Waals surface area contributed by atoms with Crippen molar-refractivity contribution in [2.75, 3.05) is 0 Å². The highest BCUT2D eigenvalue weighted by atomic mass is 35.5. The van der Waals surface area contributed by atoms with Crippen LogP contribution in [0.5, 0.6) is 0 Å². The molecule has 0 spiro atoms. The maximum Gasteiger partial charge on any atom is 0.254 e. The summed E-state index contributed by atoms with van der Waals surface area (Å²) in [6.45, 7) is 5.66. The second kappa shape index (κ2) is 5.16. The number of hydrogen-bond donors (Lipinski definition) is 2. The highest BCUT2D eigenvalue weighted by molar-refractivity contribution is 6.20. The standard InChI is InChI=1S/C10H16ClN3O/c1-6(11)4-7(2)13-10(15)9-5-12-14-8(9)3/h5-7H,4H2,1-3H3,(H,12,14)(H,13,15). The van der Waals surface area contributed by atoms with Gasteiger partial charge in [0.25, 0.3) is 5.91 Å². The fraction of sp³-hybridized carbons (Fsp3) is 0.600. The minimum Gasteiger partial charge on any atom is -0.349 e. The summed E-state index contributed by atoms with van der Waals surface area (Å²) >= 11 is 5.84. The van der Waals surface area contributed by atoms with Crippen LogP contribution in [0.2, 0.25) is 0 Å². The van der Waals surface area contributed by atoms with Gasteiger partial charge < -0.3 is 5.32 Å². The maximum atomic E-state index is 11.7. The topological polar surface area (TPSA) is 57.8 Å². The monoisotopic (exact) mass is 229 g/mol. The molecular weight excluding hydrogens is 214 g/mol. The van der Waals surface area contributed by atoms with E-state index >= 15 is 0 Å². The number of aromatic nitrogens is 2. The van der Waals surface area contributed by atoms with Crippen LogP contribution in [0, 0.1) is 6.92 Å². The Balaban J connectivity index is 2.53. The summed E-state index contributed by atoms with van der Waals surface area (Å²) < 4.78 is 0. The van der Waals surface area contributed by atoms with Gasteiger partial charge in [0.1, 0.15) is 0 Å². The molecule has 15 heavy (non-hydrogen) atoms. The second-order valence-electron chi connectivity index (χ2n) is 3.80. The number of halogens is 1. The van der Waals surface area contributed by atoms with Gasteiger partial charge in [-0.1, -0.05) is 0 Å². The summed E-state index contributed by atoms with van der Waals surface area (Å²) in [7, 11) is 0. The van der Waals surface area contributed by atoms with Crippen molar-refractivity contribution in [2.24, 2.45) is 0 Å². The molecule has 0 radical (unpaired) electrons. The van der Waals surface area contributed by atoms with Crippen molar-refractivity contribution in [1.82, 2.24) is 15.5 Å². The summed E-state index contributed by atoms with van der Waals surface area (Å²) in [4.78, 5) is 11.7. The minimum absolute atomic E-state index is 0.0609. The molecule has 0 bridgehead atoms. The fourth-order valence-corrected chi connectivity index (χ4v) is 1.69. The Hall–Kier alpha value is -1.03.